The van der Waals surface area contributed by atoms with Crippen LogP contribution in [-0.2, 0) is 0 Å². The van der Waals surface area contributed by atoms with E-state index in [1.54, 1.807) is 0 Å². The molecule has 0 aromatic carbocycles. The van der Waals surface area contributed by atoms with Crippen molar-refractivity contribution >= 4 is 6.21 Å². The highest BCUT2D eigenvalue weighted by Crippen LogP contribution is 1.48. The maximum atomic E-state index is 3.00. The molecule has 0 aromatic heterocycles. The third kappa shape index (κ3) is 5.63. The van der Waals surface area contributed by atoms with E-state index in [9.17, 15) is 0 Å². The van der Waals surface area contributed by atoms with Crippen LogP contribution in [0.4, 0.5) is 0 Å². The van der Waals surface area contributed by atoms with Crippen molar-refractivity contribution in [2.75, 3.05) is 27.7 Å². The second-order valence-electron chi connectivity index (χ2n) is 1.70. The summed E-state index contributed by atoms with van der Waals surface area (Å²) in [6.07, 6.45) is 2.07. The molecule has 0 aromatic rings. The van der Waals surface area contributed by atoms with Crippen molar-refractivity contribution in [1.29, 1.82) is 0 Å². The number of hydrogen-bond donors (Lipinski definition) is 1. The molecular formula is C5H13N2+. The fraction of sp³-hybridized carbons (Fsp3) is 0.800. The van der Waals surface area contributed by atoms with Crippen molar-refractivity contribution in [3.05, 3.63) is 0 Å². The lowest BCUT2D eigenvalue weighted by Crippen LogP contribution is -2.14. The minimum Gasteiger partial charge on any atom is -0.311 e. The summed E-state index contributed by atoms with van der Waals surface area (Å²) in [6, 6.07) is 0. The Morgan fingerprint density at radius 2 is 2.14 bits per heavy atom. The van der Waals surface area contributed by atoms with Crippen LogP contribution in [0.3, 0.4) is 0 Å². The fourth-order valence-corrected chi connectivity index (χ4v) is 0.274. The van der Waals surface area contributed by atoms with Gasteiger partial charge < -0.3 is 5.32 Å². The van der Waals surface area contributed by atoms with Gasteiger partial charge in [-0.25, -0.2) is 4.58 Å². The summed E-state index contributed by atoms with van der Waals surface area (Å²) in [5.41, 5.74) is 0. The summed E-state index contributed by atoms with van der Waals surface area (Å²) in [6.45, 7) is 0.951. The molecular weight excluding hydrogens is 88.1 g/mol. The quantitative estimate of drug-likeness (QED) is 0.368. The highest BCUT2D eigenvalue weighted by atomic mass is 14.9. The van der Waals surface area contributed by atoms with Crippen molar-refractivity contribution in [3.8, 4) is 0 Å². The summed E-state index contributed by atoms with van der Waals surface area (Å²) >= 11 is 0. The zero-order valence-electron chi connectivity index (χ0n) is 5.23. The first-order chi connectivity index (χ1) is 3.27. The lowest BCUT2D eigenvalue weighted by Gasteiger charge is -1.84. The fourth-order valence-electron chi connectivity index (χ4n) is 0.274. The minimum atomic E-state index is 0.951. The van der Waals surface area contributed by atoms with Crippen molar-refractivity contribution < 1.29 is 4.58 Å². The number of rotatable bonds is 2. The summed E-state index contributed by atoms with van der Waals surface area (Å²) in [5.74, 6) is 0. The van der Waals surface area contributed by atoms with Gasteiger partial charge in [0.15, 0.2) is 6.21 Å². The second kappa shape index (κ2) is 3.81. The van der Waals surface area contributed by atoms with E-state index in [2.05, 4.69) is 11.5 Å². The van der Waals surface area contributed by atoms with Crippen molar-refractivity contribution in [2.45, 2.75) is 0 Å². The van der Waals surface area contributed by atoms with E-state index in [-0.39, 0.29) is 0 Å². The Kier molecular flexibility index (Phi) is 3.61. The van der Waals surface area contributed by atoms with E-state index in [0.29, 0.717) is 0 Å². The lowest BCUT2D eigenvalue weighted by atomic mass is 10.7. The molecule has 0 saturated carbocycles. The zero-order valence-corrected chi connectivity index (χ0v) is 5.23. The van der Waals surface area contributed by atoms with Gasteiger partial charge in [-0.3, -0.25) is 0 Å². The molecule has 0 aliphatic heterocycles. The molecule has 0 spiro atoms. The highest BCUT2D eigenvalue weighted by Gasteiger charge is 1.77. The summed E-state index contributed by atoms with van der Waals surface area (Å²) in [7, 11) is 5.95. The monoisotopic (exact) mass is 101 g/mol. The summed E-state index contributed by atoms with van der Waals surface area (Å²) in [4.78, 5) is 0. The Bertz CT molecular complexity index is 62.5. The number of nitrogens with zero attached hydrogens (tertiary/aromatic N) is 1. The molecule has 0 aliphatic carbocycles. The molecule has 0 unspecified atom stereocenters. The van der Waals surface area contributed by atoms with Gasteiger partial charge in [0.2, 0.25) is 0 Å². The van der Waals surface area contributed by atoms with Crippen LogP contribution >= 0.6 is 0 Å². The Balaban J connectivity index is 3.08. The molecule has 1 N–H and O–H groups in total. The Morgan fingerprint density at radius 1 is 1.57 bits per heavy atom. The van der Waals surface area contributed by atoms with E-state index in [1.165, 1.54) is 0 Å². The smallest absolute Gasteiger partial charge is 0.153 e. The predicted molar refractivity (Wildman–Crippen MR) is 32.1 cm³/mol. The van der Waals surface area contributed by atoms with Crippen LogP contribution in [0.15, 0.2) is 0 Å². The minimum absolute atomic E-state index is 0.951. The maximum Gasteiger partial charge on any atom is 0.153 e. The van der Waals surface area contributed by atoms with E-state index in [0.717, 1.165) is 6.54 Å². The Labute approximate surface area is 44.9 Å². The third-order valence-electron chi connectivity index (χ3n) is 0.661. The Morgan fingerprint density at radius 3 is 2.29 bits per heavy atom. The van der Waals surface area contributed by atoms with Crippen LogP contribution in [0.2, 0.25) is 0 Å². The predicted octanol–water partition coefficient (Wildman–Crippen LogP) is -0.451. The van der Waals surface area contributed by atoms with E-state index < -0.39 is 0 Å². The summed E-state index contributed by atoms with van der Waals surface area (Å²) < 4.78 is 2.02. The van der Waals surface area contributed by atoms with E-state index >= 15 is 0 Å². The van der Waals surface area contributed by atoms with Crippen LogP contribution in [0.5, 0.6) is 0 Å². The number of hydrogen-bond acceptors (Lipinski definition) is 1. The van der Waals surface area contributed by atoms with E-state index in [4.69, 9.17) is 0 Å². The van der Waals surface area contributed by atoms with Gasteiger partial charge in [-0.1, -0.05) is 0 Å². The molecule has 0 aliphatic rings. The van der Waals surface area contributed by atoms with Gasteiger partial charge in [-0.15, -0.1) is 0 Å². The molecule has 0 heterocycles. The van der Waals surface area contributed by atoms with Crippen LogP contribution in [0, 0.1) is 0 Å². The topological polar surface area (TPSA) is 15.0 Å². The van der Waals surface area contributed by atoms with Gasteiger partial charge in [0.25, 0.3) is 0 Å². The first-order valence-corrected chi connectivity index (χ1v) is 2.41. The molecule has 2 heteroatoms. The zero-order chi connectivity index (χ0) is 5.70. The SMILES string of the molecule is CNCC=[N+](C)C. The van der Waals surface area contributed by atoms with Crippen LogP contribution < -0.4 is 5.32 Å². The van der Waals surface area contributed by atoms with Gasteiger partial charge in [0.1, 0.15) is 14.1 Å². The molecule has 0 rings (SSSR count). The average Bonchev–Trinajstić information content (AvgIpc) is 1.61. The normalized spacial score (nSPS) is 8.43. The van der Waals surface area contributed by atoms with Gasteiger partial charge in [0.05, 0.1) is 6.54 Å². The first-order valence-electron chi connectivity index (χ1n) is 2.41. The van der Waals surface area contributed by atoms with E-state index in [1.807, 2.05) is 25.7 Å². The summed E-state index contributed by atoms with van der Waals surface area (Å²) in [5, 5.41) is 3.00. The standard InChI is InChI=1S/C5H13N2/c1-6-4-5-7(2)3/h5-6H,4H2,1-3H3/q+1. The van der Waals surface area contributed by atoms with Crippen LogP contribution in [0.25, 0.3) is 0 Å². The molecule has 0 amide bonds. The van der Waals surface area contributed by atoms with Gasteiger partial charge >= 0.3 is 0 Å². The maximum absolute atomic E-state index is 3.00. The third-order valence-corrected chi connectivity index (χ3v) is 0.661. The molecule has 0 bridgehead atoms. The molecule has 0 atom stereocenters. The van der Waals surface area contributed by atoms with Crippen LogP contribution in [0.1, 0.15) is 0 Å². The molecule has 2 nitrogen and oxygen atoms in total. The average molecular weight is 101 g/mol. The largest absolute Gasteiger partial charge is 0.311 e. The lowest BCUT2D eigenvalue weighted by molar-refractivity contribution is -0.460. The Hall–Kier alpha value is -0.370. The van der Waals surface area contributed by atoms with Crippen LogP contribution in [-0.4, -0.2) is 38.5 Å². The number of nitrogens with one attached hydrogen (secondary N) is 1. The molecule has 0 radical (unpaired) electrons. The van der Waals surface area contributed by atoms with Crippen molar-refractivity contribution in [1.82, 2.24) is 5.32 Å². The highest BCUT2D eigenvalue weighted by molar-refractivity contribution is 5.53. The molecule has 0 saturated heterocycles. The molecule has 0 fully saturated rings. The van der Waals surface area contributed by atoms with Crippen molar-refractivity contribution in [3.63, 3.8) is 0 Å². The molecule has 42 valence electrons. The van der Waals surface area contributed by atoms with Gasteiger partial charge in [0, 0.05) is 0 Å². The second-order valence-corrected chi connectivity index (χ2v) is 1.70. The molecule has 7 heavy (non-hydrogen) atoms. The van der Waals surface area contributed by atoms with Crippen molar-refractivity contribution in [2.24, 2.45) is 0 Å². The van der Waals surface area contributed by atoms with Gasteiger partial charge in [-0.05, 0) is 7.05 Å². The van der Waals surface area contributed by atoms with Gasteiger partial charge in [-0.2, -0.15) is 0 Å². The first kappa shape index (κ1) is 6.63.